The number of halogens is 3. The molecule has 0 radical (unpaired) electrons. The number of ether oxygens (including phenoxy) is 2. The van der Waals surface area contributed by atoms with E-state index in [4.69, 9.17) is 4.74 Å². The van der Waals surface area contributed by atoms with Gasteiger partial charge in [-0.2, -0.15) is 0 Å². The van der Waals surface area contributed by atoms with E-state index >= 15 is 0 Å². The molecule has 3 aromatic carbocycles. The third-order valence-electron chi connectivity index (χ3n) is 7.44. The van der Waals surface area contributed by atoms with Gasteiger partial charge in [-0.3, -0.25) is 14.4 Å². The van der Waals surface area contributed by atoms with E-state index in [1.807, 2.05) is 60.7 Å². The van der Waals surface area contributed by atoms with E-state index in [1.54, 1.807) is 13.8 Å². The number of rotatable bonds is 17. The topological polar surface area (TPSA) is 126 Å². The smallest absolute Gasteiger partial charge is 0.496 e. The molecular weight excluding hydrogens is 615 g/mol. The van der Waals surface area contributed by atoms with E-state index in [0.29, 0.717) is 13.0 Å². The number of methoxy groups -OCH3 is 1. The summed E-state index contributed by atoms with van der Waals surface area (Å²) in [7, 11) is 1.32. The average Bonchev–Trinajstić information content (AvgIpc) is 3.02. The number of aliphatic hydroxyl groups excluding tert-OH is 1. The van der Waals surface area contributed by atoms with Crippen LogP contribution in [0.1, 0.15) is 43.4 Å². The van der Waals surface area contributed by atoms with Gasteiger partial charge in [0.15, 0.2) is 0 Å². The molecule has 0 bridgehead atoms. The molecule has 0 heterocycles. The summed E-state index contributed by atoms with van der Waals surface area (Å²) in [6.45, 7) is 3.90. The van der Waals surface area contributed by atoms with Gasteiger partial charge in [0.1, 0.15) is 17.5 Å². The molecule has 1 unspecified atom stereocenters. The Kier molecular flexibility index (Phi) is 14.1. The fraction of sp³-hybridized carbons (Fsp3) is 0.400. The zero-order chi connectivity index (χ0) is 34.4. The van der Waals surface area contributed by atoms with Crippen molar-refractivity contribution in [3.8, 4) is 11.5 Å². The van der Waals surface area contributed by atoms with Crippen molar-refractivity contribution in [1.29, 1.82) is 0 Å². The van der Waals surface area contributed by atoms with Crippen LogP contribution in [0.4, 0.5) is 13.2 Å². The number of hydrogen-bond acceptors (Lipinski definition) is 6. The van der Waals surface area contributed by atoms with Gasteiger partial charge in [0, 0.05) is 18.5 Å². The maximum atomic E-state index is 13.5. The number of hydrogen-bond donors (Lipinski definition) is 4. The van der Waals surface area contributed by atoms with Crippen molar-refractivity contribution in [3.63, 3.8) is 0 Å². The van der Waals surface area contributed by atoms with Crippen molar-refractivity contribution in [2.45, 2.75) is 70.5 Å². The van der Waals surface area contributed by atoms with Crippen LogP contribution in [-0.4, -0.2) is 61.0 Å². The van der Waals surface area contributed by atoms with Crippen LogP contribution in [0.15, 0.2) is 78.9 Å². The van der Waals surface area contributed by atoms with Crippen molar-refractivity contribution in [3.05, 3.63) is 95.6 Å². The molecule has 9 nitrogen and oxygen atoms in total. The highest BCUT2D eigenvalue weighted by atomic mass is 19.4. The number of amides is 3. The Bertz CT molecular complexity index is 1440. The number of carbonyl (C=O) groups excluding carboxylic acids is 3. The molecule has 3 aromatic rings. The molecule has 254 valence electrons. The number of aliphatic hydroxyl groups is 1. The second-order valence-electron chi connectivity index (χ2n) is 11.5. The normalized spacial score (nSPS) is 13.3. The Morgan fingerprint density at radius 2 is 1.51 bits per heavy atom. The van der Waals surface area contributed by atoms with Crippen molar-refractivity contribution < 1.29 is 42.1 Å². The third-order valence-corrected chi connectivity index (χ3v) is 7.44. The molecule has 3 atom stereocenters. The molecular formula is C35H42F3N3O6. The summed E-state index contributed by atoms with van der Waals surface area (Å²) in [6, 6.07) is 20.5. The maximum Gasteiger partial charge on any atom is 0.573 e. The van der Waals surface area contributed by atoms with E-state index in [0.717, 1.165) is 23.3 Å². The fourth-order valence-electron chi connectivity index (χ4n) is 5.01. The van der Waals surface area contributed by atoms with Gasteiger partial charge in [-0.1, -0.05) is 74.5 Å². The molecule has 0 spiro atoms. The molecule has 0 aliphatic carbocycles. The Labute approximate surface area is 272 Å². The van der Waals surface area contributed by atoms with Crippen LogP contribution in [0.3, 0.4) is 0 Å². The summed E-state index contributed by atoms with van der Waals surface area (Å²) in [6.07, 6.45) is -5.31. The summed E-state index contributed by atoms with van der Waals surface area (Å²) >= 11 is 0. The second-order valence-corrected chi connectivity index (χ2v) is 11.5. The number of nitrogens with one attached hydrogen (secondary N) is 3. The van der Waals surface area contributed by atoms with Gasteiger partial charge >= 0.3 is 6.36 Å². The Morgan fingerprint density at radius 1 is 0.872 bits per heavy atom. The average molecular weight is 658 g/mol. The summed E-state index contributed by atoms with van der Waals surface area (Å²) < 4.78 is 47.4. The minimum absolute atomic E-state index is 0.0421. The van der Waals surface area contributed by atoms with Crippen LogP contribution < -0.4 is 25.4 Å². The first-order valence-electron chi connectivity index (χ1n) is 15.4. The van der Waals surface area contributed by atoms with E-state index in [9.17, 15) is 32.7 Å². The first kappa shape index (κ1) is 36.9. The lowest BCUT2D eigenvalue weighted by molar-refractivity contribution is -0.274. The lowest BCUT2D eigenvalue weighted by Gasteiger charge is -2.28. The van der Waals surface area contributed by atoms with Crippen molar-refractivity contribution in [2.75, 3.05) is 13.7 Å². The van der Waals surface area contributed by atoms with Crippen LogP contribution in [0.25, 0.3) is 0 Å². The van der Waals surface area contributed by atoms with Crippen LogP contribution >= 0.6 is 0 Å². The van der Waals surface area contributed by atoms with Crippen LogP contribution in [0, 0.1) is 5.92 Å². The Morgan fingerprint density at radius 3 is 2.11 bits per heavy atom. The molecule has 0 aliphatic heterocycles. The van der Waals surface area contributed by atoms with E-state index in [1.165, 1.54) is 13.2 Å². The highest BCUT2D eigenvalue weighted by molar-refractivity contribution is 5.89. The molecule has 3 amide bonds. The van der Waals surface area contributed by atoms with Crippen LogP contribution in [0.5, 0.6) is 11.5 Å². The SMILES string of the molecule is COc1ccc(OC(F)(F)F)cc1CC(=O)NC(C(=O)N[C@@H](Cc1ccccc1)[C@@H](O)CCC(=O)NCCc1ccccc1)C(C)C. The number of carbonyl (C=O) groups is 3. The van der Waals surface area contributed by atoms with Gasteiger partial charge in [0.2, 0.25) is 17.7 Å². The highest BCUT2D eigenvalue weighted by Crippen LogP contribution is 2.29. The molecule has 47 heavy (non-hydrogen) atoms. The predicted octanol–water partition coefficient (Wildman–Crippen LogP) is 4.50. The predicted molar refractivity (Wildman–Crippen MR) is 171 cm³/mol. The summed E-state index contributed by atoms with van der Waals surface area (Å²) in [5, 5.41) is 19.5. The molecule has 0 saturated carbocycles. The minimum Gasteiger partial charge on any atom is -0.496 e. The maximum absolute atomic E-state index is 13.5. The van der Waals surface area contributed by atoms with Gasteiger partial charge in [-0.15, -0.1) is 13.2 Å². The van der Waals surface area contributed by atoms with Gasteiger partial charge in [0.25, 0.3) is 0 Å². The lowest BCUT2D eigenvalue weighted by Crippen LogP contribution is -2.55. The molecule has 4 N–H and O–H groups in total. The molecule has 0 saturated heterocycles. The highest BCUT2D eigenvalue weighted by Gasteiger charge is 2.32. The summed E-state index contributed by atoms with van der Waals surface area (Å²) in [5.41, 5.74) is 2.07. The third kappa shape index (κ3) is 13.0. The first-order chi connectivity index (χ1) is 22.3. The minimum atomic E-state index is -4.91. The Hall–Kier alpha value is -4.58. The second kappa shape index (κ2) is 17.9. The summed E-state index contributed by atoms with van der Waals surface area (Å²) in [4.78, 5) is 39.1. The van der Waals surface area contributed by atoms with Gasteiger partial charge in [-0.05, 0) is 54.5 Å². The quantitative estimate of drug-likeness (QED) is 0.169. The molecule has 0 aromatic heterocycles. The van der Waals surface area contributed by atoms with Crippen molar-refractivity contribution in [1.82, 2.24) is 16.0 Å². The fourth-order valence-corrected chi connectivity index (χ4v) is 5.01. The monoisotopic (exact) mass is 657 g/mol. The lowest BCUT2D eigenvalue weighted by atomic mass is 9.96. The van der Waals surface area contributed by atoms with Crippen LogP contribution in [-0.2, 0) is 33.6 Å². The number of alkyl halides is 3. The number of benzene rings is 3. The van der Waals surface area contributed by atoms with Crippen LogP contribution in [0.2, 0.25) is 0 Å². The Balaban J connectivity index is 1.65. The zero-order valence-corrected chi connectivity index (χ0v) is 26.7. The van der Waals surface area contributed by atoms with Gasteiger partial charge in [-0.25, -0.2) is 0 Å². The van der Waals surface area contributed by atoms with E-state index < -0.39 is 42.1 Å². The van der Waals surface area contributed by atoms with Gasteiger partial charge < -0.3 is 30.5 Å². The zero-order valence-electron chi connectivity index (χ0n) is 26.7. The molecule has 0 fully saturated rings. The molecule has 12 heteroatoms. The standard InChI is InChI=1S/C35H42F3N3O6/c1-23(2)33(41-32(44)22-26-21-27(47-35(36,37)38)14-16-30(26)46-3)34(45)40-28(20-25-12-8-5-9-13-25)29(42)15-17-31(43)39-19-18-24-10-6-4-7-11-24/h4-14,16,21,23,28-29,33,42H,15,17-20,22H2,1-3H3,(H,39,43)(H,40,45)(H,41,44)/t28-,29-,33?/m0/s1. The first-order valence-corrected chi connectivity index (χ1v) is 15.4. The largest absolute Gasteiger partial charge is 0.573 e. The van der Waals surface area contributed by atoms with Gasteiger partial charge in [0.05, 0.1) is 25.7 Å². The van der Waals surface area contributed by atoms with Crippen molar-refractivity contribution >= 4 is 17.7 Å². The van der Waals surface area contributed by atoms with Crippen molar-refractivity contribution in [2.24, 2.45) is 5.92 Å². The molecule has 0 aliphatic rings. The van der Waals surface area contributed by atoms with E-state index in [-0.39, 0.29) is 48.8 Å². The molecule has 3 rings (SSSR count). The van der Waals surface area contributed by atoms with E-state index in [2.05, 4.69) is 20.7 Å². The summed E-state index contributed by atoms with van der Waals surface area (Å²) in [5.74, 6) is -2.13.